The molecule has 1 aromatic heterocycles. The Bertz CT molecular complexity index is 238. The van der Waals surface area contributed by atoms with E-state index in [-0.39, 0.29) is 0 Å². The quantitative estimate of drug-likeness (QED) is 0.422. The number of alkyl halides is 3. The van der Waals surface area contributed by atoms with E-state index in [0.29, 0.717) is 12.3 Å². The third-order valence-electron chi connectivity index (χ3n) is 0.991. The highest BCUT2D eigenvalue weighted by molar-refractivity contribution is 5.11. The molecule has 0 unspecified atom stereocenters. The first-order valence-electron chi connectivity index (χ1n) is 2.60. The van der Waals surface area contributed by atoms with Gasteiger partial charge in [-0.1, -0.05) is 0 Å². The monoisotopic (exact) mass is 164 g/mol. The summed E-state index contributed by atoms with van der Waals surface area (Å²) in [7, 11) is 0. The summed E-state index contributed by atoms with van der Waals surface area (Å²) in [6, 6.07) is 2.22. The number of pyridine rings is 1. The maximum atomic E-state index is 11.9. The maximum absolute atomic E-state index is 11.9. The molecule has 59 valence electrons. The predicted octanol–water partition coefficient (Wildman–Crippen LogP) is 2.04. The fourth-order valence-corrected chi connectivity index (χ4v) is 0.493. The summed E-state index contributed by atoms with van der Waals surface area (Å²) in [5.74, 6) is -1.04. The summed E-state index contributed by atoms with van der Waals surface area (Å²) in [5, 5.41) is 0. The van der Waals surface area contributed by atoms with E-state index in [0.717, 1.165) is 0 Å². The van der Waals surface area contributed by atoms with Crippen LogP contribution in [0, 0.1) is 12.0 Å². The summed E-state index contributed by atoms with van der Waals surface area (Å²) in [4.78, 5) is 2.80. The lowest BCUT2D eigenvalue weighted by atomic mass is 10.3. The second-order valence-electron chi connectivity index (χ2n) is 1.79. The Labute approximate surface area is 59.7 Å². The van der Waals surface area contributed by atoms with Gasteiger partial charge in [-0.2, -0.15) is 17.6 Å². The second kappa shape index (κ2) is 2.48. The van der Waals surface area contributed by atoms with Gasteiger partial charge in [0.05, 0.1) is 5.56 Å². The SMILES string of the molecule is Fc1[c]cc(C(F)(F)F)cn1. The Hall–Kier alpha value is -1.13. The van der Waals surface area contributed by atoms with E-state index in [2.05, 4.69) is 4.98 Å². The van der Waals surface area contributed by atoms with Crippen LogP contribution < -0.4 is 0 Å². The van der Waals surface area contributed by atoms with Crippen molar-refractivity contribution in [3.05, 3.63) is 29.8 Å². The summed E-state index contributed by atoms with van der Waals surface area (Å²) in [6.07, 6.45) is -4.05. The molecule has 1 radical (unpaired) electrons. The lowest BCUT2D eigenvalue weighted by molar-refractivity contribution is -0.137. The number of aromatic nitrogens is 1. The molecule has 0 aromatic carbocycles. The molecule has 0 aliphatic rings. The molecule has 0 atom stereocenters. The molecule has 0 saturated carbocycles. The van der Waals surface area contributed by atoms with Crippen molar-refractivity contribution in [2.75, 3.05) is 0 Å². The van der Waals surface area contributed by atoms with Crippen molar-refractivity contribution in [3.8, 4) is 0 Å². The Balaban J connectivity index is 2.99. The van der Waals surface area contributed by atoms with Crippen molar-refractivity contribution in [1.29, 1.82) is 0 Å². The molecular formula is C6H2F4N. The van der Waals surface area contributed by atoms with Gasteiger partial charge in [0.25, 0.3) is 0 Å². The van der Waals surface area contributed by atoms with Gasteiger partial charge in [0.15, 0.2) is 0 Å². The van der Waals surface area contributed by atoms with Crippen molar-refractivity contribution in [2.45, 2.75) is 6.18 Å². The van der Waals surface area contributed by atoms with Crippen LogP contribution in [-0.2, 0) is 6.18 Å². The smallest absolute Gasteiger partial charge is 0.227 e. The fourth-order valence-electron chi connectivity index (χ4n) is 0.493. The highest BCUT2D eigenvalue weighted by Gasteiger charge is 2.30. The van der Waals surface area contributed by atoms with Crippen molar-refractivity contribution in [3.63, 3.8) is 0 Å². The average Bonchev–Trinajstić information content (AvgIpc) is 1.86. The molecule has 0 saturated heterocycles. The van der Waals surface area contributed by atoms with Gasteiger partial charge in [-0.05, 0) is 6.07 Å². The summed E-state index contributed by atoms with van der Waals surface area (Å²) < 4.78 is 47.2. The van der Waals surface area contributed by atoms with Crippen LogP contribution in [0.1, 0.15) is 5.56 Å². The molecule has 0 bridgehead atoms. The van der Waals surface area contributed by atoms with E-state index in [9.17, 15) is 17.6 Å². The van der Waals surface area contributed by atoms with Crippen LogP contribution in [0.4, 0.5) is 17.6 Å². The van der Waals surface area contributed by atoms with Crippen LogP contribution in [0.3, 0.4) is 0 Å². The molecule has 11 heavy (non-hydrogen) atoms. The zero-order valence-corrected chi connectivity index (χ0v) is 5.11. The number of halogens is 4. The molecule has 1 heterocycles. The first kappa shape index (κ1) is 7.97. The first-order chi connectivity index (χ1) is 5.00. The second-order valence-corrected chi connectivity index (χ2v) is 1.79. The van der Waals surface area contributed by atoms with Crippen molar-refractivity contribution in [2.24, 2.45) is 0 Å². The first-order valence-corrected chi connectivity index (χ1v) is 2.60. The van der Waals surface area contributed by atoms with Crippen molar-refractivity contribution >= 4 is 0 Å². The molecule has 0 fully saturated rings. The van der Waals surface area contributed by atoms with Gasteiger partial charge in [0.2, 0.25) is 5.95 Å². The lowest BCUT2D eigenvalue weighted by Crippen LogP contribution is -2.05. The van der Waals surface area contributed by atoms with E-state index < -0.39 is 17.7 Å². The normalized spacial score (nSPS) is 11.6. The largest absolute Gasteiger partial charge is 0.417 e. The van der Waals surface area contributed by atoms with Crippen LogP contribution in [0.25, 0.3) is 0 Å². The molecule has 5 heteroatoms. The van der Waals surface area contributed by atoms with E-state index in [4.69, 9.17) is 0 Å². The van der Waals surface area contributed by atoms with Crippen molar-refractivity contribution < 1.29 is 17.6 Å². The molecule has 1 aromatic rings. The molecule has 0 aliphatic carbocycles. The average molecular weight is 164 g/mol. The third kappa shape index (κ3) is 1.89. The molecule has 0 spiro atoms. The minimum absolute atomic E-state index is 0.422. The third-order valence-corrected chi connectivity index (χ3v) is 0.991. The van der Waals surface area contributed by atoms with E-state index in [1.165, 1.54) is 0 Å². The molecular weight excluding hydrogens is 162 g/mol. The highest BCUT2D eigenvalue weighted by Crippen LogP contribution is 2.27. The molecule has 0 amide bonds. The highest BCUT2D eigenvalue weighted by atomic mass is 19.4. The minimum Gasteiger partial charge on any atom is -0.227 e. The molecule has 0 aliphatic heterocycles. The van der Waals surface area contributed by atoms with Gasteiger partial charge >= 0.3 is 6.18 Å². The van der Waals surface area contributed by atoms with Crippen LogP contribution in [0.2, 0.25) is 0 Å². The Morgan fingerprint density at radius 1 is 1.36 bits per heavy atom. The van der Waals surface area contributed by atoms with Crippen LogP contribution in [0.5, 0.6) is 0 Å². The van der Waals surface area contributed by atoms with Gasteiger partial charge in [-0.3, -0.25) is 0 Å². The minimum atomic E-state index is -4.47. The van der Waals surface area contributed by atoms with Gasteiger partial charge in [0, 0.05) is 12.3 Å². The summed E-state index contributed by atoms with van der Waals surface area (Å²) in [6.45, 7) is 0. The Morgan fingerprint density at radius 3 is 2.36 bits per heavy atom. The molecule has 0 N–H and O–H groups in total. The van der Waals surface area contributed by atoms with Crippen LogP contribution in [0.15, 0.2) is 12.3 Å². The molecule has 1 rings (SSSR count). The van der Waals surface area contributed by atoms with E-state index in [1.54, 1.807) is 6.07 Å². The summed E-state index contributed by atoms with van der Waals surface area (Å²) >= 11 is 0. The standard InChI is InChI=1S/C6H2F4N/c7-5-2-1-4(3-11-5)6(8,9)10/h1,3H. The van der Waals surface area contributed by atoms with E-state index >= 15 is 0 Å². The van der Waals surface area contributed by atoms with Gasteiger partial charge in [-0.25, -0.2) is 4.98 Å². The van der Waals surface area contributed by atoms with Gasteiger partial charge < -0.3 is 0 Å². The topological polar surface area (TPSA) is 12.9 Å². The fraction of sp³-hybridized carbons (Fsp3) is 0.167. The zero-order valence-electron chi connectivity index (χ0n) is 5.11. The van der Waals surface area contributed by atoms with Crippen LogP contribution in [-0.4, -0.2) is 4.98 Å². The predicted molar refractivity (Wildman–Crippen MR) is 28.0 cm³/mol. The Kier molecular flexibility index (Phi) is 1.80. The lowest BCUT2D eigenvalue weighted by Gasteiger charge is -2.03. The number of rotatable bonds is 0. The maximum Gasteiger partial charge on any atom is 0.417 e. The van der Waals surface area contributed by atoms with E-state index in [1.807, 2.05) is 0 Å². The van der Waals surface area contributed by atoms with Crippen LogP contribution >= 0.6 is 0 Å². The number of nitrogens with zero attached hydrogens (tertiary/aromatic N) is 1. The van der Waals surface area contributed by atoms with Crippen molar-refractivity contribution in [1.82, 2.24) is 4.98 Å². The van der Waals surface area contributed by atoms with Gasteiger partial charge in [-0.15, -0.1) is 0 Å². The van der Waals surface area contributed by atoms with Gasteiger partial charge in [0.1, 0.15) is 0 Å². The summed E-state index contributed by atoms with van der Waals surface area (Å²) in [5.41, 5.74) is -1.00. The molecule has 1 nitrogen and oxygen atoms in total. The zero-order chi connectivity index (χ0) is 8.48. The number of hydrogen-bond acceptors (Lipinski definition) is 1. The Morgan fingerprint density at radius 2 is 2.00 bits per heavy atom. The number of hydrogen-bond donors (Lipinski definition) is 0.